The Labute approximate surface area is 143 Å². The number of hydrogen-bond donors (Lipinski definition) is 1. The van der Waals surface area contributed by atoms with Gasteiger partial charge in [0.1, 0.15) is 11.8 Å². The molecule has 1 heterocycles. The van der Waals surface area contributed by atoms with Crippen LogP contribution in [0.4, 0.5) is 11.4 Å². The Morgan fingerprint density at radius 2 is 2.12 bits per heavy atom. The number of carbonyl (C=O) groups excluding carboxylic acids is 1. The van der Waals surface area contributed by atoms with Gasteiger partial charge in [-0.15, -0.1) is 0 Å². The van der Waals surface area contributed by atoms with Crippen molar-refractivity contribution in [3.63, 3.8) is 0 Å². The van der Waals surface area contributed by atoms with E-state index in [1.807, 2.05) is 20.8 Å². The Morgan fingerprint density at radius 3 is 2.68 bits per heavy atom. The van der Waals surface area contributed by atoms with Crippen LogP contribution in [-0.4, -0.2) is 21.6 Å². The minimum atomic E-state index is -0.709. The van der Waals surface area contributed by atoms with E-state index in [-0.39, 0.29) is 22.5 Å². The zero-order valence-electron chi connectivity index (χ0n) is 13.8. The summed E-state index contributed by atoms with van der Waals surface area (Å²) < 4.78 is 5.12. The van der Waals surface area contributed by atoms with Gasteiger partial charge in [-0.3, -0.25) is 20.3 Å². The van der Waals surface area contributed by atoms with Gasteiger partial charge < -0.3 is 4.52 Å². The van der Waals surface area contributed by atoms with Crippen LogP contribution in [0.5, 0.6) is 0 Å². The van der Waals surface area contributed by atoms with E-state index in [1.165, 1.54) is 30.3 Å². The molecule has 0 fully saturated rings. The maximum Gasteiger partial charge on any atom is 0.271 e. The number of nitrogens with zero attached hydrogens (tertiary/aromatic N) is 4. The summed E-state index contributed by atoms with van der Waals surface area (Å²) in [5.41, 5.74) is 1.77. The summed E-state index contributed by atoms with van der Waals surface area (Å²) in [6, 6.07) is 8.66. The number of benzene rings is 1. The van der Waals surface area contributed by atoms with E-state index >= 15 is 0 Å². The fraction of sp³-hybridized carbons (Fsp3) is 0.250. The molecular weight excluding hydrogens is 326 g/mol. The second kappa shape index (κ2) is 6.92. The number of nitro groups is 1. The van der Waals surface area contributed by atoms with Gasteiger partial charge in [-0.2, -0.15) is 10.4 Å². The summed E-state index contributed by atoms with van der Waals surface area (Å²) in [6.45, 7) is 5.68. The number of carbonyl (C=O) groups is 1. The van der Waals surface area contributed by atoms with Crippen molar-refractivity contribution in [2.24, 2.45) is 5.10 Å². The predicted octanol–water partition coefficient (Wildman–Crippen LogP) is 3.05. The van der Waals surface area contributed by atoms with Crippen molar-refractivity contribution in [3.05, 3.63) is 51.9 Å². The summed E-state index contributed by atoms with van der Waals surface area (Å²) in [5, 5.41) is 27.3. The number of hydrogen-bond acceptors (Lipinski definition) is 8. The number of nitro benzene ring substituents is 1. The fourth-order valence-corrected chi connectivity index (χ4v) is 1.79. The van der Waals surface area contributed by atoms with E-state index in [1.54, 1.807) is 6.07 Å². The fourth-order valence-electron chi connectivity index (χ4n) is 1.79. The van der Waals surface area contributed by atoms with Crippen molar-refractivity contribution in [1.29, 1.82) is 5.26 Å². The quantitative estimate of drug-likeness (QED) is 0.382. The molecule has 9 heteroatoms. The number of hydrazone groups is 1. The molecule has 0 saturated carbocycles. The Bertz CT molecular complexity index is 886. The molecule has 0 bridgehead atoms. The smallest absolute Gasteiger partial charge is 0.271 e. The summed E-state index contributed by atoms with van der Waals surface area (Å²) in [6.07, 6.45) is 0. The number of aromatic nitrogens is 1. The Hall–Kier alpha value is -3.54. The first-order chi connectivity index (χ1) is 11.7. The molecule has 9 nitrogen and oxygen atoms in total. The Kier molecular flexibility index (Phi) is 4.93. The van der Waals surface area contributed by atoms with Gasteiger partial charge >= 0.3 is 0 Å². The molecule has 25 heavy (non-hydrogen) atoms. The molecule has 0 spiro atoms. The standard InChI is InChI=1S/C16H15N5O4/c1-16(2,3)14-8-12(20-25-14)15(22)13(9-17)19-18-10-5-4-6-11(7-10)21(23)24/h4-8,18H,1-3H3. The van der Waals surface area contributed by atoms with Crippen molar-refractivity contribution >= 4 is 22.9 Å². The van der Waals surface area contributed by atoms with E-state index in [9.17, 15) is 14.9 Å². The van der Waals surface area contributed by atoms with Gasteiger partial charge in [0, 0.05) is 23.6 Å². The van der Waals surface area contributed by atoms with Crippen molar-refractivity contribution < 1.29 is 14.2 Å². The third kappa shape index (κ3) is 4.26. The predicted molar refractivity (Wildman–Crippen MR) is 89.3 cm³/mol. The van der Waals surface area contributed by atoms with E-state index in [0.29, 0.717) is 5.76 Å². The normalized spacial score (nSPS) is 11.7. The summed E-state index contributed by atoms with van der Waals surface area (Å²) >= 11 is 0. The summed E-state index contributed by atoms with van der Waals surface area (Å²) in [5.74, 6) is -0.209. The van der Waals surface area contributed by atoms with Crippen LogP contribution in [0.3, 0.4) is 0 Å². The molecule has 0 saturated heterocycles. The van der Waals surface area contributed by atoms with Crippen LogP contribution in [0.25, 0.3) is 0 Å². The van der Waals surface area contributed by atoms with Gasteiger partial charge in [-0.05, 0) is 6.07 Å². The zero-order valence-corrected chi connectivity index (χ0v) is 13.8. The molecule has 0 aliphatic heterocycles. The molecule has 0 amide bonds. The van der Waals surface area contributed by atoms with Crippen LogP contribution < -0.4 is 5.43 Å². The molecular formula is C16H15N5O4. The first kappa shape index (κ1) is 17.8. The second-order valence-corrected chi connectivity index (χ2v) is 6.15. The molecule has 1 aromatic carbocycles. The summed E-state index contributed by atoms with van der Waals surface area (Å²) in [4.78, 5) is 22.5. The first-order valence-corrected chi connectivity index (χ1v) is 7.22. The van der Waals surface area contributed by atoms with Gasteiger partial charge in [0.2, 0.25) is 11.5 Å². The van der Waals surface area contributed by atoms with E-state index < -0.39 is 16.4 Å². The molecule has 1 N–H and O–H groups in total. The van der Waals surface area contributed by atoms with Gasteiger partial charge in [0.15, 0.2) is 5.69 Å². The topological polar surface area (TPSA) is 134 Å². The molecule has 1 aromatic heterocycles. The lowest BCUT2D eigenvalue weighted by Crippen LogP contribution is -2.15. The number of non-ortho nitro benzene ring substituents is 1. The number of rotatable bonds is 5. The number of nitrogens with one attached hydrogen (secondary N) is 1. The van der Waals surface area contributed by atoms with Crippen LogP contribution in [-0.2, 0) is 5.41 Å². The molecule has 2 rings (SSSR count). The van der Waals surface area contributed by atoms with Crippen LogP contribution >= 0.6 is 0 Å². The maximum absolute atomic E-state index is 12.3. The van der Waals surface area contributed by atoms with Crippen molar-refractivity contribution in [3.8, 4) is 6.07 Å². The maximum atomic E-state index is 12.3. The zero-order chi connectivity index (χ0) is 18.6. The van der Waals surface area contributed by atoms with Crippen molar-refractivity contribution in [2.75, 3.05) is 5.43 Å². The van der Waals surface area contributed by atoms with Crippen molar-refractivity contribution in [1.82, 2.24) is 5.16 Å². The van der Waals surface area contributed by atoms with Crippen LogP contribution in [0.2, 0.25) is 0 Å². The summed E-state index contributed by atoms with van der Waals surface area (Å²) in [7, 11) is 0. The van der Waals surface area contributed by atoms with E-state index in [4.69, 9.17) is 9.78 Å². The molecule has 0 aliphatic carbocycles. The highest BCUT2D eigenvalue weighted by Gasteiger charge is 2.24. The van der Waals surface area contributed by atoms with Crippen LogP contribution in [0.1, 0.15) is 37.0 Å². The molecule has 2 aromatic rings. The number of anilines is 1. The number of Topliss-reactive ketones (excluding diaryl/α,β-unsaturated/α-hetero) is 1. The number of nitriles is 1. The lowest BCUT2D eigenvalue weighted by Gasteiger charge is -2.11. The minimum absolute atomic E-state index is 0.0360. The van der Waals surface area contributed by atoms with Gasteiger partial charge in [-0.1, -0.05) is 32.0 Å². The third-order valence-electron chi connectivity index (χ3n) is 3.16. The first-order valence-electron chi connectivity index (χ1n) is 7.22. The average molecular weight is 341 g/mol. The molecule has 0 atom stereocenters. The second-order valence-electron chi connectivity index (χ2n) is 6.15. The van der Waals surface area contributed by atoms with Gasteiger partial charge in [-0.25, -0.2) is 0 Å². The lowest BCUT2D eigenvalue weighted by molar-refractivity contribution is -0.384. The molecule has 0 radical (unpaired) electrons. The molecule has 0 unspecified atom stereocenters. The highest BCUT2D eigenvalue weighted by Crippen LogP contribution is 2.23. The van der Waals surface area contributed by atoms with Crippen LogP contribution in [0.15, 0.2) is 40.0 Å². The lowest BCUT2D eigenvalue weighted by atomic mass is 9.93. The SMILES string of the molecule is CC(C)(C)c1cc(C(=O)C(C#N)=NNc2cccc([N+](=O)[O-])c2)no1. The highest BCUT2D eigenvalue weighted by molar-refractivity contribution is 6.51. The van der Waals surface area contributed by atoms with E-state index in [0.717, 1.165) is 0 Å². The minimum Gasteiger partial charge on any atom is -0.360 e. The monoisotopic (exact) mass is 341 g/mol. The van der Waals surface area contributed by atoms with Gasteiger partial charge in [0.25, 0.3) is 5.69 Å². The highest BCUT2D eigenvalue weighted by atomic mass is 16.6. The Morgan fingerprint density at radius 1 is 1.40 bits per heavy atom. The molecule has 0 aliphatic rings. The Balaban J connectivity index is 2.21. The number of ketones is 1. The van der Waals surface area contributed by atoms with E-state index in [2.05, 4.69) is 15.7 Å². The van der Waals surface area contributed by atoms with Gasteiger partial charge in [0.05, 0.1) is 10.6 Å². The largest absolute Gasteiger partial charge is 0.360 e. The van der Waals surface area contributed by atoms with Crippen LogP contribution in [0, 0.1) is 21.4 Å². The average Bonchev–Trinajstić information content (AvgIpc) is 3.05. The molecule has 128 valence electrons. The van der Waals surface area contributed by atoms with Crippen molar-refractivity contribution in [2.45, 2.75) is 26.2 Å². The third-order valence-corrected chi connectivity index (χ3v) is 3.16.